The molecule has 3 rings (SSSR count). The summed E-state index contributed by atoms with van der Waals surface area (Å²) in [7, 11) is 0. The molecule has 208 valence electrons. The van der Waals surface area contributed by atoms with Gasteiger partial charge in [-0.05, 0) is 93.4 Å². The van der Waals surface area contributed by atoms with Crippen LogP contribution < -0.4 is 0 Å². The van der Waals surface area contributed by atoms with Gasteiger partial charge >= 0.3 is 0 Å². The number of benzene rings is 3. The smallest absolute Gasteiger partial charge is 0.00197 e. The normalized spacial score (nSPS) is 12.1. The lowest BCUT2D eigenvalue weighted by atomic mass is 9.72. The first-order valence-corrected chi connectivity index (χ1v) is 14.9. The summed E-state index contributed by atoms with van der Waals surface area (Å²) in [6.45, 7) is 23.3. The van der Waals surface area contributed by atoms with E-state index in [1.165, 1.54) is 77.5 Å². The quantitative estimate of drug-likeness (QED) is 0.185. The number of aryl methyl sites for hydroxylation is 3. The van der Waals surface area contributed by atoms with Crippen molar-refractivity contribution in [2.45, 2.75) is 92.4 Å². The summed E-state index contributed by atoms with van der Waals surface area (Å²) in [5, 5.41) is 0. The van der Waals surface area contributed by atoms with Gasteiger partial charge in [-0.25, -0.2) is 0 Å². The van der Waals surface area contributed by atoms with Gasteiger partial charge in [0.25, 0.3) is 0 Å². The monoisotopic (exact) mass is 520 g/mol. The second kappa shape index (κ2) is 16.8. The van der Waals surface area contributed by atoms with E-state index >= 15 is 0 Å². The molecule has 0 amide bonds. The molecule has 1 unspecified atom stereocenters. The van der Waals surface area contributed by atoms with E-state index in [2.05, 4.69) is 109 Å². The zero-order valence-electron chi connectivity index (χ0n) is 25.5. The molecule has 0 aliphatic rings. The van der Waals surface area contributed by atoms with Gasteiger partial charge in [-0.15, -0.1) is 0 Å². The Hall–Kier alpha value is -3.12. The van der Waals surface area contributed by atoms with E-state index in [-0.39, 0.29) is 0 Å². The fourth-order valence-corrected chi connectivity index (χ4v) is 5.43. The van der Waals surface area contributed by atoms with Crippen molar-refractivity contribution in [2.24, 2.45) is 5.41 Å². The molecule has 0 saturated carbocycles. The highest BCUT2D eigenvalue weighted by molar-refractivity contribution is 5.66. The Morgan fingerprint density at radius 2 is 1.44 bits per heavy atom. The molecule has 0 saturated heterocycles. The Balaban J connectivity index is 0.000000658. The van der Waals surface area contributed by atoms with E-state index in [1.54, 1.807) is 0 Å². The van der Waals surface area contributed by atoms with E-state index in [9.17, 15) is 0 Å². The van der Waals surface area contributed by atoms with Crippen molar-refractivity contribution in [3.05, 3.63) is 138 Å². The average molecular weight is 521 g/mol. The largest absolute Gasteiger partial charge is 0.0988 e. The van der Waals surface area contributed by atoms with Gasteiger partial charge in [0.2, 0.25) is 0 Å². The van der Waals surface area contributed by atoms with Crippen molar-refractivity contribution in [3.63, 3.8) is 0 Å². The number of hydrogen-bond donors (Lipinski definition) is 0. The zero-order valence-corrected chi connectivity index (χ0v) is 25.5. The summed E-state index contributed by atoms with van der Waals surface area (Å²) in [6, 6.07) is 26.2. The Morgan fingerprint density at radius 1 is 0.795 bits per heavy atom. The number of rotatable bonds is 14. The molecule has 0 aromatic heterocycles. The first-order valence-electron chi connectivity index (χ1n) is 14.9. The minimum atomic E-state index is 0.431. The summed E-state index contributed by atoms with van der Waals surface area (Å²) >= 11 is 0. The van der Waals surface area contributed by atoms with Crippen LogP contribution in [0.5, 0.6) is 0 Å². The molecule has 0 spiro atoms. The van der Waals surface area contributed by atoms with Gasteiger partial charge in [0.1, 0.15) is 0 Å². The maximum atomic E-state index is 4.29. The van der Waals surface area contributed by atoms with Crippen molar-refractivity contribution in [1.82, 2.24) is 0 Å². The van der Waals surface area contributed by atoms with Crippen LogP contribution in [-0.4, -0.2) is 0 Å². The molecule has 0 heterocycles. The molecular weight excluding hydrogens is 468 g/mol. The summed E-state index contributed by atoms with van der Waals surface area (Å²) in [4.78, 5) is 0. The summed E-state index contributed by atoms with van der Waals surface area (Å²) < 4.78 is 0. The van der Waals surface area contributed by atoms with E-state index in [0.29, 0.717) is 5.41 Å². The van der Waals surface area contributed by atoms with E-state index < -0.39 is 0 Å². The molecule has 39 heavy (non-hydrogen) atoms. The number of allylic oxidation sites excluding steroid dienone is 3. The van der Waals surface area contributed by atoms with Crippen molar-refractivity contribution >= 4 is 5.57 Å². The standard InChI is InChI=1S/C32H44.C7H8/c1-8-20-32(10-3,21-11-12-26(6)9-2)22-19-29-17-18-30(31(24-29)25(4)5)23-28-15-13-27(7)14-16-28;1-7-5-3-2-4-6-7/h9,13-18,24H,2,4,6,8,10-12,19-23H2,1,3,5,7H3;2-6H,1H3. The third-order valence-corrected chi connectivity index (χ3v) is 8.06. The van der Waals surface area contributed by atoms with E-state index in [1.807, 2.05) is 24.3 Å². The van der Waals surface area contributed by atoms with Gasteiger partial charge in [0.05, 0.1) is 0 Å². The fourth-order valence-electron chi connectivity index (χ4n) is 5.43. The minimum Gasteiger partial charge on any atom is -0.0988 e. The first kappa shape index (κ1) is 32.1. The molecule has 1 atom stereocenters. The third-order valence-electron chi connectivity index (χ3n) is 8.06. The fraction of sp³-hybridized carbons (Fsp3) is 0.385. The molecule has 0 N–H and O–H groups in total. The lowest BCUT2D eigenvalue weighted by molar-refractivity contribution is 0.201. The molecule has 0 fully saturated rings. The third kappa shape index (κ3) is 11.3. The topological polar surface area (TPSA) is 0 Å². The van der Waals surface area contributed by atoms with Crippen LogP contribution in [0.3, 0.4) is 0 Å². The van der Waals surface area contributed by atoms with Crippen LogP contribution >= 0.6 is 0 Å². The van der Waals surface area contributed by atoms with Crippen LogP contribution in [-0.2, 0) is 12.8 Å². The second-order valence-electron chi connectivity index (χ2n) is 11.4. The lowest BCUT2D eigenvalue weighted by Gasteiger charge is -2.33. The predicted octanol–water partition coefficient (Wildman–Crippen LogP) is 11.7. The minimum absolute atomic E-state index is 0.431. The Bertz CT molecular complexity index is 1160. The summed E-state index contributed by atoms with van der Waals surface area (Å²) in [5.41, 5.74) is 10.9. The van der Waals surface area contributed by atoms with E-state index in [0.717, 1.165) is 24.8 Å². The molecule has 3 aromatic carbocycles. The highest BCUT2D eigenvalue weighted by Crippen LogP contribution is 2.39. The van der Waals surface area contributed by atoms with Gasteiger partial charge < -0.3 is 0 Å². The van der Waals surface area contributed by atoms with Crippen LogP contribution in [0.1, 0.15) is 99.1 Å². The molecule has 3 aromatic rings. The summed E-state index contributed by atoms with van der Waals surface area (Å²) in [6.07, 6.45) is 12.6. The highest BCUT2D eigenvalue weighted by atomic mass is 14.3. The Morgan fingerprint density at radius 3 is 1.97 bits per heavy atom. The molecule has 0 radical (unpaired) electrons. The Kier molecular flexibility index (Phi) is 13.8. The lowest BCUT2D eigenvalue weighted by Crippen LogP contribution is -2.21. The SMILES string of the molecule is C=CC(=C)CCCC(CC)(CCC)CCc1ccc(Cc2ccc(C)cc2)c(C(=C)C)c1.Cc1ccccc1. The van der Waals surface area contributed by atoms with Gasteiger partial charge in [-0.3, -0.25) is 0 Å². The Labute approximate surface area is 240 Å². The van der Waals surface area contributed by atoms with Crippen LogP contribution in [0.25, 0.3) is 5.57 Å². The molecule has 0 aliphatic heterocycles. The first-order chi connectivity index (χ1) is 18.7. The van der Waals surface area contributed by atoms with Crippen molar-refractivity contribution in [2.75, 3.05) is 0 Å². The molecule has 0 bridgehead atoms. The number of hydrogen-bond acceptors (Lipinski definition) is 0. The average Bonchev–Trinajstić information content (AvgIpc) is 2.94. The summed E-state index contributed by atoms with van der Waals surface area (Å²) in [5.74, 6) is 0. The maximum absolute atomic E-state index is 4.29. The van der Waals surface area contributed by atoms with Gasteiger partial charge in [-0.2, -0.15) is 0 Å². The van der Waals surface area contributed by atoms with Gasteiger partial charge in [-0.1, -0.05) is 148 Å². The zero-order chi connectivity index (χ0) is 28.7. The van der Waals surface area contributed by atoms with Crippen molar-refractivity contribution in [3.8, 4) is 0 Å². The predicted molar refractivity (Wildman–Crippen MR) is 175 cm³/mol. The van der Waals surface area contributed by atoms with Crippen molar-refractivity contribution in [1.29, 1.82) is 0 Å². The van der Waals surface area contributed by atoms with Crippen molar-refractivity contribution < 1.29 is 0 Å². The molecule has 0 heteroatoms. The molecule has 0 aliphatic carbocycles. The van der Waals surface area contributed by atoms with Crippen LogP contribution in [0, 0.1) is 19.3 Å². The highest BCUT2D eigenvalue weighted by Gasteiger charge is 2.26. The van der Waals surface area contributed by atoms with Crippen LogP contribution in [0.15, 0.2) is 104 Å². The molecular formula is C39H52. The van der Waals surface area contributed by atoms with E-state index in [4.69, 9.17) is 0 Å². The van der Waals surface area contributed by atoms with Gasteiger partial charge in [0.15, 0.2) is 0 Å². The van der Waals surface area contributed by atoms with Gasteiger partial charge in [0, 0.05) is 0 Å². The molecule has 0 nitrogen and oxygen atoms in total. The van der Waals surface area contributed by atoms with Crippen LogP contribution in [0.4, 0.5) is 0 Å². The van der Waals surface area contributed by atoms with Crippen LogP contribution in [0.2, 0.25) is 0 Å². The maximum Gasteiger partial charge on any atom is -0.00197 e. The second-order valence-corrected chi connectivity index (χ2v) is 11.4.